The number of unbranched alkanes of at least 4 members (excludes halogenated alkanes) is 4. The molecule has 0 saturated heterocycles. The largest absolute Gasteiger partial charge is 0.310 e. The first-order valence-electron chi connectivity index (χ1n) is 25.0. The maximum Gasteiger partial charge on any atom is 0.0464 e. The number of hydrogen-bond acceptors (Lipinski definition) is 2. The van der Waals surface area contributed by atoms with Crippen molar-refractivity contribution >= 4 is 58.4 Å². The molecule has 2 heteroatoms. The molecule has 0 spiro atoms. The molecule has 0 saturated carbocycles. The Morgan fingerprint density at radius 1 is 0.303 bits per heavy atom. The summed E-state index contributed by atoms with van der Waals surface area (Å²) in [6.07, 6.45) is 23.2. The number of anilines is 6. The van der Waals surface area contributed by atoms with Gasteiger partial charge >= 0.3 is 0 Å². The third-order valence-electron chi connectivity index (χ3n) is 12.9. The highest BCUT2D eigenvalue weighted by atomic mass is 15.1. The van der Waals surface area contributed by atoms with Crippen molar-refractivity contribution in [2.45, 2.75) is 119 Å². The molecular formula is C64H72N2. The molecule has 0 heterocycles. The highest BCUT2D eigenvalue weighted by Crippen LogP contribution is 2.38. The predicted molar refractivity (Wildman–Crippen MR) is 290 cm³/mol. The van der Waals surface area contributed by atoms with E-state index in [4.69, 9.17) is 0 Å². The molecule has 7 aromatic rings. The normalized spacial score (nSPS) is 11.5. The zero-order chi connectivity index (χ0) is 46.1. The molecule has 7 aromatic carbocycles. The fraction of sp³-hybridized carbons (Fsp3) is 0.281. The Morgan fingerprint density at radius 2 is 0.561 bits per heavy atom. The molecule has 0 bridgehead atoms. The van der Waals surface area contributed by atoms with Crippen molar-refractivity contribution in [2.75, 3.05) is 9.80 Å². The Hall–Kier alpha value is -6.38. The highest BCUT2D eigenvalue weighted by molar-refractivity contribution is 5.81. The molecule has 7 rings (SSSR count). The lowest BCUT2D eigenvalue weighted by Gasteiger charge is -2.26. The van der Waals surface area contributed by atoms with Crippen molar-refractivity contribution in [3.05, 3.63) is 213 Å². The maximum atomic E-state index is 2.40. The van der Waals surface area contributed by atoms with E-state index in [1.807, 2.05) is 0 Å². The molecule has 0 atom stereocenters. The molecule has 2 nitrogen and oxygen atoms in total. The van der Waals surface area contributed by atoms with Crippen molar-refractivity contribution in [1.29, 1.82) is 0 Å². The standard InChI is InChI=1S/C64H72N2/c1-7-11-15-51-25-37-59(38-26-51)65(60-39-27-52(28-40-60)16-12-8-2)63-45-35-57(49(5)47-63)33-23-55-19-21-56(22-20-55)24-34-58-36-46-64(48-50(58)6)66(61-41-29-53(30-42-61)17-13-9-3)62-43-31-54(32-44-62)18-14-10-4/h19-48H,7-18H2,1-6H3/b33-23+,34-24+. The maximum absolute atomic E-state index is 2.40. The highest BCUT2D eigenvalue weighted by Gasteiger charge is 2.16. The van der Waals surface area contributed by atoms with Crippen LogP contribution in [0.25, 0.3) is 24.3 Å². The summed E-state index contributed by atoms with van der Waals surface area (Å²) in [6, 6.07) is 59.2. The second-order valence-electron chi connectivity index (χ2n) is 18.2. The number of hydrogen-bond donors (Lipinski definition) is 0. The molecule has 0 aliphatic rings. The first kappa shape index (κ1) is 47.6. The summed E-state index contributed by atoms with van der Waals surface area (Å²) in [5.74, 6) is 0. The molecular weight excluding hydrogens is 797 g/mol. The van der Waals surface area contributed by atoms with Crippen molar-refractivity contribution in [3.8, 4) is 0 Å². The molecule has 0 aliphatic carbocycles. The van der Waals surface area contributed by atoms with E-state index < -0.39 is 0 Å². The lowest BCUT2D eigenvalue weighted by atomic mass is 10.0. The summed E-state index contributed by atoms with van der Waals surface area (Å²) in [5, 5.41) is 0. The average molecular weight is 869 g/mol. The van der Waals surface area contributed by atoms with Gasteiger partial charge in [-0.05, 0) is 194 Å². The van der Waals surface area contributed by atoms with E-state index in [1.165, 1.54) is 141 Å². The lowest BCUT2D eigenvalue weighted by molar-refractivity contribution is 0.795. The monoisotopic (exact) mass is 869 g/mol. The fourth-order valence-corrected chi connectivity index (χ4v) is 8.73. The Bertz CT molecular complexity index is 2320. The van der Waals surface area contributed by atoms with Gasteiger partial charge in [0.2, 0.25) is 0 Å². The number of rotatable bonds is 22. The zero-order valence-electron chi connectivity index (χ0n) is 40.7. The predicted octanol–water partition coefficient (Wildman–Crippen LogP) is 19.0. The van der Waals surface area contributed by atoms with Crippen LogP contribution in [-0.2, 0) is 25.7 Å². The SMILES string of the molecule is CCCCc1ccc(N(c2ccc(CCCC)cc2)c2ccc(/C=C/c3ccc(/C=C/c4ccc(N(c5ccc(CCCC)cc5)c5ccc(CCCC)cc5)cc4C)cc3)c(C)c2)cc1. The minimum atomic E-state index is 1.13. The zero-order valence-corrected chi connectivity index (χ0v) is 40.7. The van der Waals surface area contributed by atoms with E-state index in [9.17, 15) is 0 Å². The van der Waals surface area contributed by atoms with Crippen LogP contribution in [0.15, 0.2) is 158 Å². The van der Waals surface area contributed by atoms with Crippen LogP contribution < -0.4 is 9.80 Å². The molecule has 0 aliphatic heterocycles. The summed E-state index contributed by atoms with van der Waals surface area (Å²) in [5.41, 5.74) is 20.0. The van der Waals surface area contributed by atoms with Crippen molar-refractivity contribution in [2.24, 2.45) is 0 Å². The number of nitrogens with zero attached hydrogens (tertiary/aromatic N) is 2. The molecule has 338 valence electrons. The first-order chi connectivity index (χ1) is 32.3. The van der Waals surface area contributed by atoms with Gasteiger partial charge in [0.15, 0.2) is 0 Å². The summed E-state index contributed by atoms with van der Waals surface area (Å²) in [6.45, 7) is 13.5. The number of aryl methyl sites for hydroxylation is 6. The van der Waals surface area contributed by atoms with Crippen LogP contribution in [0, 0.1) is 13.8 Å². The van der Waals surface area contributed by atoms with Gasteiger partial charge in [0.25, 0.3) is 0 Å². The Balaban J connectivity index is 1.05. The summed E-state index contributed by atoms with van der Waals surface area (Å²) < 4.78 is 0. The first-order valence-corrected chi connectivity index (χ1v) is 25.0. The molecule has 0 radical (unpaired) electrons. The van der Waals surface area contributed by atoms with Gasteiger partial charge in [-0.2, -0.15) is 0 Å². The van der Waals surface area contributed by atoms with Crippen LogP contribution in [0.5, 0.6) is 0 Å². The third kappa shape index (κ3) is 12.9. The van der Waals surface area contributed by atoms with Crippen LogP contribution >= 0.6 is 0 Å². The van der Waals surface area contributed by atoms with E-state index in [2.05, 4.69) is 233 Å². The van der Waals surface area contributed by atoms with E-state index in [1.54, 1.807) is 0 Å². The number of benzene rings is 7. The van der Waals surface area contributed by atoms with Gasteiger partial charge in [-0.3, -0.25) is 0 Å². The molecule has 0 N–H and O–H groups in total. The van der Waals surface area contributed by atoms with Crippen molar-refractivity contribution < 1.29 is 0 Å². The molecule has 0 fully saturated rings. The van der Waals surface area contributed by atoms with E-state index in [-0.39, 0.29) is 0 Å². The fourth-order valence-electron chi connectivity index (χ4n) is 8.73. The second kappa shape index (κ2) is 24.2. The van der Waals surface area contributed by atoms with Gasteiger partial charge in [-0.15, -0.1) is 0 Å². The van der Waals surface area contributed by atoms with E-state index in [0.717, 1.165) is 25.7 Å². The van der Waals surface area contributed by atoms with Crippen LogP contribution in [0.1, 0.15) is 135 Å². The lowest BCUT2D eigenvalue weighted by Crippen LogP contribution is -2.10. The minimum Gasteiger partial charge on any atom is -0.310 e. The average Bonchev–Trinajstić information content (AvgIpc) is 3.35. The summed E-state index contributed by atoms with van der Waals surface area (Å²) in [7, 11) is 0. The smallest absolute Gasteiger partial charge is 0.0464 e. The summed E-state index contributed by atoms with van der Waals surface area (Å²) in [4.78, 5) is 4.79. The second-order valence-corrected chi connectivity index (χ2v) is 18.2. The molecule has 0 unspecified atom stereocenters. The topological polar surface area (TPSA) is 6.48 Å². The molecule has 66 heavy (non-hydrogen) atoms. The van der Waals surface area contributed by atoms with E-state index >= 15 is 0 Å². The van der Waals surface area contributed by atoms with E-state index in [0.29, 0.717) is 0 Å². The van der Waals surface area contributed by atoms with Crippen LogP contribution in [0.2, 0.25) is 0 Å². The van der Waals surface area contributed by atoms with Crippen LogP contribution in [-0.4, -0.2) is 0 Å². The quantitative estimate of drug-likeness (QED) is 0.0626. The third-order valence-corrected chi connectivity index (χ3v) is 12.9. The van der Waals surface area contributed by atoms with Crippen LogP contribution in [0.4, 0.5) is 34.1 Å². The van der Waals surface area contributed by atoms with Gasteiger partial charge in [-0.1, -0.05) is 163 Å². The Morgan fingerprint density at radius 3 is 0.803 bits per heavy atom. The van der Waals surface area contributed by atoms with Gasteiger partial charge in [-0.25, -0.2) is 0 Å². The van der Waals surface area contributed by atoms with Crippen LogP contribution in [0.3, 0.4) is 0 Å². The van der Waals surface area contributed by atoms with Crippen molar-refractivity contribution in [1.82, 2.24) is 0 Å². The van der Waals surface area contributed by atoms with Gasteiger partial charge < -0.3 is 9.80 Å². The molecule has 0 aromatic heterocycles. The van der Waals surface area contributed by atoms with Gasteiger partial charge in [0, 0.05) is 34.1 Å². The Kier molecular flexibility index (Phi) is 17.5. The van der Waals surface area contributed by atoms with Crippen molar-refractivity contribution in [3.63, 3.8) is 0 Å². The Labute approximate surface area is 398 Å². The van der Waals surface area contributed by atoms with Gasteiger partial charge in [0.05, 0.1) is 0 Å². The molecule has 0 amide bonds. The summed E-state index contributed by atoms with van der Waals surface area (Å²) >= 11 is 0. The van der Waals surface area contributed by atoms with Gasteiger partial charge in [0.1, 0.15) is 0 Å². The minimum absolute atomic E-state index is 1.13.